The first-order valence-electron chi connectivity index (χ1n) is 13.1. The van der Waals surface area contributed by atoms with E-state index in [0.29, 0.717) is 33.4 Å². The summed E-state index contributed by atoms with van der Waals surface area (Å²) in [5, 5.41) is 3.75. The average molecular weight is 605 g/mol. The fourth-order valence-electron chi connectivity index (χ4n) is 4.18. The van der Waals surface area contributed by atoms with Crippen molar-refractivity contribution in [2.24, 2.45) is 0 Å². The van der Waals surface area contributed by atoms with Gasteiger partial charge < -0.3 is 10.2 Å². The summed E-state index contributed by atoms with van der Waals surface area (Å²) in [6.45, 7) is 7.21. The Hall–Kier alpha value is -3.07. The van der Waals surface area contributed by atoms with E-state index in [1.807, 2.05) is 13.8 Å². The van der Waals surface area contributed by atoms with Gasteiger partial charge in [-0.1, -0.05) is 72.4 Å². The van der Waals surface area contributed by atoms with Crippen molar-refractivity contribution in [2.45, 2.75) is 58.0 Å². The highest BCUT2D eigenvalue weighted by molar-refractivity contribution is 7.92. The Bertz CT molecular complexity index is 1450. The maximum atomic E-state index is 14.0. The monoisotopic (exact) mass is 603 g/mol. The standard InChI is InChI=1S/C30H35Cl2N3O4S/c1-5-6-17-33-30(37)23(4)34(19-24-9-7-8-10-27(24)32)29(36)20-35(28-16-13-25(31)18-22(28)3)40(38,39)26-14-11-21(2)12-15-26/h7-16,18,23H,5-6,17,19-20H2,1-4H3,(H,33,37). The maximum Gasteiger partial charge on any atom is 0.264 e. The lowest BCUT2D eigenvalue weighted by molar-refractivity contribution is -0.139. The van der Waals surface area contributed by atoms with Crippen LogP contribution in [-0.2, 0) is 26.2 Å². The number of carbonyl (C=O) groups is 2. The molecule has 1 unspecified atom stereocenters. The molecule has 1 atom stereocenters. The van der Waals surface area contributed by atoms with Gasteiger partial charge in [-0.2, -0.15) is 0 Å². The van der Waals surface area contributed by atoms with E-state index in [4.69, 9.17) is 23.2 Å². The zero-order chi connectivity index (χ0) is 29.4. The number of unbranched alkanes of at least 4 members (excludes halogenated alkanes) is 1. The number of hydrogen-bond donors (Lipinski definition) is 1. The number of hydrogen-bond acceptors (Lipinski definition) is 4. The number of rotatable bonds is 12. The van der Waals surface area contributed by atoms with Crippen molar-refractivity contribution < 1.29 is 18.0 Å². The number of benzene rings is 3. The molecule has 0 saturated heterocycles. The molecule has 3 aromatic carbocycles. The molecule has 0 aliphatic carbocycles. The Morgan fingerprint density at radius 1 is 0.975 bits per heavy atom. The molecule has 7 nitrogen and oxygen atoms in total. The van der Waals surface area contributed by atoms with Crippen LogP contribution < -0.4 is 9.62 Å². The lowest BCUT2D eigenvalue weighted by Gasteiger charge is -2.32. The second-order valence-electron chi connectivity index (χ2n) is 9.69. The van der Waals surface area contributed by atoms with Crippen molar-refractivity contribution in [3.05, 3.63) is 93.5 Å². The van der Waals surface area contributed by atoms with Gasteiger partial charge in [0.05, 0.1) is 10.6 Å². The van der Waals surface area contributed by atoms with E-state index < -0.39 is 28.5 Å². The first-order valence-corrected chi connectivity index (χ1v) is 15.3. The number of nitrogens with zero attached hydrogens (tertiary/aromatic N) is 2. The summed E-state index contributed by atoms with van der Waals surface area (Å²) in [5.74, 6) is -0.882. The lowest BCUT2D eigenvalue weighted by Crippen LogP contribution is -2.51. The molecule has 40 heavy (non-hydrogen) atoms. The number of aryl methyl sites for hydroxylation is 2. The number of nitrogens with one attached hydrogen (secondary N) is 1. The zero-order valence-corrected chi connectivity index (χ0v) is 25.5. The van der Waals surface area contributed by atoms with Crippen LogP contribution in [0.2, 0.25) is 10.0 Å². The van der Waals surface area contributed by atoms with Gasteiger partial charge in [0.25, 0.3) is 10.0 Å². The predicted octanol–water partition coefficient (Wildman–Crippen LogP) is 6.14. The highest BCUT2D eigenvalue weighted by Gasteiger charge is 2.33. The fourth-order valence-corrected chi connectivity index (χ4v) is 6.08. The Labute approximate surface area is 247 Å². The fraction of sp³-hybridized carbons (Fsp3) is 0.333. The van der Waals surface area contributed by atoms with Crippen molar-refractivity contribution in [3.8, 4) is 0 Å². The Morgan fingerprint density at radius 2 is 1.65 bits per heavy atom. The summed E-state index contributed by atoms with van der Waals surface area (Å²) >= 11 is 12.6. The van der Waals surface area contributed by atoms with Crippen LogP contribution >= 0.6 is 23.2 Å². The second kappa shape index (κ2) is 14.0. The van der Waals surface area contributed by atoms with Crippen molar-refractivity contribution in [1.82, 2.24) is 10.2 Å². The minimum atomic E-state index is -4.16. The third kappa shape index (κ3) is 7.77. The predicted molar refractivity (Wildman–Crippen MR) is 161 cm³/mol. The zero-order valence-electron chi connectivity index (χ0n) is 23.2. The highest BCUT2D eigenvalue weighted by atomic mass is 35.5. The van der Waals surface area contributed by atoms with E-state index in [9.17, 15) is 18.0 Å². The van der Waals surface area contributed by atoms with Crippen LogP contribution in [0.5, 0.6) is 0 Å². The number of amides is 2. The molecule has 0 fully saturated rings. The van der Waals surface area contributed by atoms with E-state index in [1.165, 1.54) is 17.0 Å². The van der Waals surface area contributed by atoms with Crippen molar-refractivity contribution in [1.29, 1.82) is 0 Å². The maximum absolute atomic E-state index is 14.0. The average Bonchev–Trinajstić information content (AvgIpc) is 2.91. The van der Waals surface area contributed by atoms with Crippen LogP contribution in [0.1, 0.15) is 43.4 Å². The summed E-state index contributed by atoms with van der Waals surface area (Å²) < 4.78 is 29.0. The first-order chi connectivity index (χ1) is 18.9. The highest BCUT2D eigenvalue weighted by Crippen LogP contribution is 2.30. The Morgan fingerprint density at radius 3 is 2.27 bits per heavy atom. The summed E-state index contributed by atoms with van der Waals surface area (Å²) in [4.78, 5) is 28.5. The van der Waals surface area contributed by atoms with Crippen LogP contribution in [0, 0.1) is 13.8 Å². The van der Waals surface area contributed by atoms with E-state index in [1.54, 1.807) is 68.4 Å². The molecule has 10 heteroatoms. The molecule has 0 radical (unpaired) electrons. The van der Waals surface area contributed by atoms with Gasteiger partial charge in [0.1, 0.15) is 12.6 Å². The van der Waals surface area contributed by atoms with Crippen LogP contribution in [-0.4, -0.2) is 44.3 Å². The van der Waals surface area contributed by atoms with Crippen molar-refractivity contribution >= 4 is 50.7 Å². The van der Waals surface area contributed by atoms with Crippen LogP contribution in [0.15, 0.2) is 71.6 Å². The van der Waals surface area contributed by atoms with Crippen molar-refractivity contribution in [3.63, 3.8) is 0 Å². The molecular formula is C30H35Cl2N3O4S. The van der Waals surface area contributed by atoms with Gasteiger partial charge in [0, 0.05) is 23.1 Å². The smallest absolute Gasteiger partial charge is 0.264 e. The second-order valence-corrected chi connectivity index (χ2v) is 12.4. The molecule has 3 rings (SSSR count). The quantitative estimate of drug-likeness (QED) is 0.252. The largest absolute Gasteiger partial charge is 0.354 e. The van der Waals surface area contributed by atoms with Gasteiger partial charge in [-0.15, -0.1) is 0 Å². The molecule has 0 aromatic heterocycles. The number of sulfonamides is 1. The summed E-state index contributed by atoms with van der Waals surface area (Å²) in [5.41, 5.74) is 2.44. The Kier molecular flexibility index (Phi) is 11.0. The van der Waals surface area contributed by atoms with Crippen LogP contribution in [0.4, 0.5) is 5.69 Å². The summed E-state index contributed by atoms with van der Waals surface area (Å²) in [6, 6.07) is 17.4. The number of carbonyl (C=O) groups excluding carboxylic acids is 2. The van der Waals surface area contributed by atoms with Gasteiger partial charge in [-0.3, -0.25) is 13.9 Å². The van der Waals surface area contributed by atoms with Gasteiger partial charge in [-0.25, -0.2) is 8.42 Å². The topological polar surface area (TPSA) is 86.8 Å². The molecule has 0 aliphatic heterocycles. The molecule has 3 aromatic rings. The van der Waals surface area contributed by atoms with E-state index in [0.717, 1.165) is 22.7 Å². The van der Waals surface area contributed by atoms with E-state index in [-0.39, 0.29) is 17.3 Å². The normalized spacial score (nSPS) is 12.1. The van der Waals surface area contributed by atoms with E-state index in [2.05, 4.69) is 5.32 Å². The molecule has 2 amide bonds. The van der Waals surface area contributed by atoms with Gasteiger partial charge >= 0.3 is 0 Å². The molecule has 214 valence electrons. The third-order valence-corrected chi connectivity index (χ3v) is 8.99. The number of halogens is 2. The molecule has 0 bridgehead atoms. The lowest BCUT2D eigenvalue weighted by atomic mass is 10.1. The summed E-state index contributed by atoms with van der Waals surface area (Å²) in [7, 11) is -4.16. The Balaban J connectivity index is 2.04. The third-order valence-electron chi connectivity index (χ3n) is 6.61. The molecule has 0 aliphatic rings. The van der Waals surface area contributed by atoms with E-state index >= 15 is 0 Å². The molecule has 1 N–H and O–H groups in total. The molecule has 0 heterocycles. The minimum Gasteiger partial charge on any atom is -0.354 e. The molecule has 0 spiro atoms. The SMILES string of the molecule is CCCCNC(=O)C(C)N(Cc1ccccc1Cl)C(=O)CN(c1ccc(Cl)cc1C)S(=O)(=O)c1ccc(C)cc1. The molecular weight excluding hydrogens is 569 g/mol. The summed E-state index contributed by atoms with van der Waals surface area (Å²) in [6.07, 6.45) is 1.71. The first kappa shape index (κ1) is 31.5. The van der Waals surface area contributed by atoms with Gasteiger partial charge in [0.15, 0.2) is 0 Å². The van der Waals surface area contributed by atoms with Gasteiger partial charge in [-0.05, 0) is 74.7 Å². The molecule has 0 saturated carbocycles. The van der Waals surface area contributed by atoms with Crippen molar-refractivity contribution in [2.75, 3.05) is 17.4 Å². The van der Waals surface area contributed by atoms with Gasteiger partial charge in [0.2, 0.25) is 11.8 Å². The minimum absolute atomic E-state index is 0.0267. The number of anilines is 1. The van der Waals surface area contributed by atoms with Crippen LogP contribution in [0.3, 0.4) is 0 Å². The van der Waals surface area contributed by atoms with Crippen LogP contribution in [0.25, 0.3) is 0 Å².